The van der Waals surface area contributed by atoms with Gasteiger partial charge in [0.25, 0.3) is 5.91 Å². The lowest BCUT2D eigenvalue weighted by molar-refractivity contribution is -0.132. The Balaban J connectivity index is 1.88. The largest absolute Gasteiger partial charge is 0.483 e. The first-order valence-electron chi connectivity index (χ1n) is 6.42. The highest BCUT2D eigenvalue weighted by Gasteiger charge is 2.11. The first kappa shape index (κ1) is 15.9. The zero-order valence-corrected chi connectivity index (χ0v) is 13.9. The first-order chi connectivity index (χ1) is 10.1. The van der Waals surface area contributed by atoms with Crippen molar-refractivity contribution in [3.63, 3.8) is 0 Å². The fourth-order valence-electron chi connectivity index (χ4n) is 1.76. The lowest BCUT2D eigenvalue weighted by Crippen LogP contribution is -2.30. The monoisotopic (exact) mass is 367 g/mol. The van der Waals surface area contributed by atoms with Crippen LogP contribution in [-0.4, -0.2) is 24.5 Å². The molecule has 0 aliphatic carbocycles. The number of rotatable bonds is 5. The summed E-state index contributed by atoms with van der Waals surface area (Å²) in [5, 5.41) is 0.685. The molecule has 2 aromatic rings. The molecule has 0 spiro atoms. The fraction of sp³-hybridized carbons (Fsp3) is 0.188. The third kappa shape index (κ3) is 4.76. The van der Waals surface area contributed by atoms with E-state index in [1.165, 1.54) is 0 Å². The Morgan fingerprint density at radius 1 is 1.19 bits per heavy atom. The van der Waals surface area contributed by atoms with Gasteiger partial charge in [-0.1, -0.05) is 35.9 Å². The number of carbonyl (C=O) groups excluding carboxylic acids is 1. The summed E-state index contributed by atoms with van der Waals surface area (Å²) in [7, 11) is 1.75. The second kappa shape index (κ2) is 7.48. The molecule has 0 aliphatic heterocycles. The summed E-state index contributed by atoms with van der Waals surface area (Å²) >= 11 is 9.22. The highest BCUT2D eigenvalue weighted by molar-refractivity contribution is 9.10. The predicted molar refractivity (Wildman–Crippen MR) is 87.6 cm³/mol. The summed E-state index contributed by atoms with van der Waals surface area (Å²) < 4.78 is 6.35. The molecular formula is C16H15BrClNO2. The highest BCUT2D eigenvalue weighted by Crippen LogP contribution is 2.23. The molecule has 0 saturated carbocycles. The fourth-order valence-corrected chi connectivity index (χ4v) is 2.29. The van der Waals surface area contributed by atoms with Crippen LogP contribution in [0.2, 0.25) is 5.02 Å². The molecule has 0 unspecified atom stereocenters. The van der Waals surface area contributed by atoms with Crippen LogP contribution in [0.5, 0.6) is 5.75 Å². The number of nitrogens with zero attached hydrogens (tertiary/aromatic N) is 1. The molecule has 0 saturated heterocycles. The number of amides is 1. The van der Waals surface area contributed by atoms with E-state index < -0.39 is 0 Å². The number of hydrogen-bond donors (Lipinski definition) is 0. The minimum Gasteiger partial charge on any atom is -0.483 e. The molecule has 0 atom stereocenters. The van der Waals surface area contributed by atoms with E-state index in [2.05, 4.69) is 15.9 Å². The second-order valence-corrected chi connectivity index (χ2v) is 5.89. The molecule has 2 rings (SSSR count). The van der Waals surface area contributed by atoms with Crippen LogP contribution in [0.15, 0.2) is 53.0 Å². The van der Waals surface area contributed by atoms with E-state index in [1.807, 2.05) is 48.5 Å². The Bertz CT molecular complexity index is 616. The van der Waals surface area contributed by atoms with Gasteiger partial charge in [-0.25, -0.2) is 0 Å². The van der Waals surface area contributed by atoms with Gasteiger partial charge >= 0.3 is 0 Å². The van der Waals surface area contributed by atoms with E-state index >= 15 is 0 Å². The van der Waals surface area contributed by atoms with Crippen molar-refractivity contribution in [3.05, 3.63) is 63.6 Å². The van der Waals surface area contributed by atoms with Crippen molar-refractivity contribution >= 4 is 33.4 Å². The van der Waals surface area contributed by atoms with Crippen molar-refractivity contribution in [2.24, 2.45) is 0 Å². The Hall–Kier alpha value is -1.52. The van der Waals surface area contributed by atoms with Gasteiger partial charge in [0, 0.05) is 18.6 Å². The van der Waals surface area contributed by atoms with Crippen LogP contribution >= 0.6 is 27.5 Å². The van der Waals surface area contributed by atoms with Crippen molar-refractivity contribution < 1.29 is 9.53 Å². The maximum Gasteiger partial charge on any atom is 0.260 e. The molecular weight excluding hydrogens is 354 g/mol. The highest BCUT2D eigenvalue weighted by atomic mass is 79.9. The quantitative estimate of drug-likeness (QED) is 0.794. The van der Waals surface area contributed by atoms with Crippen molar-refractivity contribution in [1.29, 1.82) is 0 Å². The van der Waals surface area contributed by atoms with Gasteiger partial charge in [-0.2, -0.15) is 0 Å². The molecule has 110 valence electrons. The normalized spacial score (nSPS) is 10.2. The summed E-state index contributed by atoms with van der Waals surface area (Å²) in [6.07, 6.45) is 0. The standard InChI is InChI=1S/C16H15BrClNO2/c1-19(10-12-6-8-13(18)9-7-12)16(20)11-21-15-5-3-2-4-14(15)17/h2-9H,10-11H2,1H3. The van der Waals surface area contributed by atoms with Crippen molar-refractivity contribution in [1.82, 2.24) is 4.90 Å². The lowest BCUT2D eigenvalue weighted by Gasteiger charge is -2.18. The molecule has 1 amide bonds. The van der Waals surface area contributed by atoms with Gasteiger partial charge < -0.3 is 9.64 Å². The maximum atomic E-state index is 12.1. The van der Waals surface area contributed by atoms with E-state index in [1.54, 1.807) is 11.9 Å². The minimum atomic E-state index is -0.0827. The van der Waals surface area contributed by atoms with Crippen LogP contribution < -0.4 is 4.74 Å². The van der Waals surface area contributed by atoms with E-state index in [-0.39, 0.29) is 12.5 Å². The minimum absolute atomic E-state index is 0.00665. The molecule has 0 N–H and O–H groups in total. The van der Waals surface area contributed by atoms with Gasteiger partial charge in [-0.3, -0.25) is 4.79 Å². The molecule has 0 aliphatic rings. The van der Waals surface area contributed by atoms with Gasteiger partial charge in [-0.05, 0) is 45.8 Å². The first-order valence-corrected chi connectivity index (χ1v) is 7.59. The Kier molecular flexibility index (Phi) is 5.65. The van der Waals surface area contributed by atoms with E-state index in [9.17, 15) is 4.79 Å². The molecule has 0 aromatic heterocycles. The Morgan fingerprint density at radius 3 is 2.52 bits per heavy atom. The topological polar surface area (TPSA) is 29.5 Å². The molecule has 21 heavy (non-hydrogen) atoms. The third-order valence-electron chi connectivity index (χ3n) is 2.95. The van der Waals surface area contributed by atoms with Gasteiger partial charge in [0.2, 0.25) is 0 Å². The average molecular weight is 369 g/mol. The summed E-state index contributed by atoms with van der Waals surface area (Å²) in [4.78, 5) is 13.7. The van der Waals surface area contributed by atoms with E-state index in [4.69, 9.17) is 16.3 Å². The number of hydrogen-bond acceptors (Lipinski definition) is 2. The second-order valence-electron chi connectivity index (χ2n) is 4.60. The van der Waals surface area contributed by atoms with Crippen molar-refractivity contribution in [2.75, 3.05) is 13.7 Å². The van der Waals surface area contributed by atoms with Crippen molar-refractivity contribution in [2.45, 2.75) is 6.54 Å². The van der Waals surface area contributed by atoms with Crippen LogP contribution in [0.3, 0.4) is 0 Å². The number of ether oxygens (including phenoxy) is 1. The smallest absolute Gasteiger partial charge is 0.260 e. The zero-order valence-electron chi connectivity index (χ0n) is 11.6. The lowest BCUT2D eigenvalue weighted by atomic mass is 10.2. The number of likely N-dealkylation sites (N-methyl/N-ethyl adjacent to an activating group) is 1. The predicted octanol–water partition coefficient (Wildman–Crippen LogP) is 4.14. The average Bonchev–Trinajstić information content (AvgIpc) is 2.48. The zero-order chi connectivity index (χ0) is 15.2. The number of halogens is 2. The SMILES string of the molecule is CN(Cc1ccc(Cl)cc1)C(=O)COc1ccccc1Br. The van der Waals surface area contributed by atoms with E-state index in [0.717, 1.165) is 10.0 Å². The Morgan fingerprint density at radius 2 is 1.86 bits per heavy atom. The molecule has 0 bridgehead atoms. The molecule has 0 radical (unpaired) electrons. The summed E-state index contributed by atoms with van der Waals surface area (Å²) in [6, 6.07) is 14.9. The molecule has 0 heterocycles. The molecule has 3 nitrogen and oxygen atoms in total. The van der Waals surface area contributed by atoms with Crippen LogP contribution in [0, 0.1) is 0 Å². The van der Waals surface area contributed by atoms with Gasteiger partial charge in [-0.15, -0.1) is 0 Å². The maximum absolute atomic E-state index is 12.1. The number of carbonyl (C=O) groups is 1. The van der Waals surface area contributed by atoms with Crippen LogP contribution in [0.25, 0.3) is 0 Å². The molecule has 5 heteroatoms. The van der Waals surface area contributed by atoms with Crippen molar-refractivity contribution in [3.8, 4) is 5.75 Å². The van der Waals surface area contributed by atoms with Crippen LogP contribution in [0.1, 0.15) is 5.56 Å². The van der Waals surface area contributed by atoms with Gasteiger partial charge in [0.15, 0.2) is 6.61 Å². The molecule has 2 aromatic carbocycles. The van der Waals surface area contributed by atoms with E-state index in [0.29, 0.717) is 17.3 Å². The summed E-state index contributed by atoms with van der Waals surface area (Å²) in [6.45, 7) is 0.530. The van der Waals surface area contributed by atoms with Crippen LogP contribution in [0.4, 0.5) is 0 Å². The number of para-hydroxylation sites is 1. The molecule has 0 fully saturated rings. The van der Waals surface area contributed by atoms with Crippen LogP contribution in [-0.2, 0) is 11.3 Å². The van der Waals surface area contributed by atoms with Gasteiger partial charge in [0.1, 0.15) is 5.75 Å². The summed E-state index contributed by atoms with van der Waals surface area (Å²) in [5.41, 5.74) is 1.02. The summed E-state index contributed by atoms with van der Waals surface area (Å²) in [5.74, 6) is 0.575. The van der Waals surface area contributed by atoms with Gasteiger partial charge in [0.05, 0.1) is 4.47 Å². The third-order valence-corrected chi connectivity index (χ3v) is 3.85. The Labute approximate surface area is 137 Å². The number of benzene rings is 2.